The van der Waals surface area contributed by atoms with Gasteiger partial charge in [-0.3, -0.25) is 19.5 Å². The van der Waals surface area contributed by atoms with E-state index in [4.69, 9.17) is 0 Å². The molecule has 3 saturated heterocycles. The molecule has 1 amide bonds. The molecule has 1 aromatic heterocycles. The van der Waals surface area contributed by atoms with Crippen molar-refractivity contribution in [2.24, 2.45) is 5.92 Å². The van der Waals surface area contributed by atoms with Crippen LogP contribution in [0.5, 0.6) is 0 Å². The lowest BCUT2D eigenvalue weighted by molar-refractivity contribution is -0.142. The monoisotopic (exact) mass is 532 g/mol. The molecule has 3 aliphatic heterocycles. The van der Waals surface area contributed by atoms with Crippen molar-refractivity contribution in [3.63, 3.8) is 0 Å². The van der Waals surface area contributed by atoms with E-state index in [1.165, 1.54) is 6.07 Å². The summed E-state index contributed by atoms with van der Waals surface area (Å²) in [6, 6.07) is 0.545. The Hall–Kier alpha value is -2.70. The highest BCUT2D eigenvalue weighted by molar-refractivity contribution is 5.79. The second-order valence-electron chi connectivity index (χ2n) is 11.3. The van der Waals surface area contributed by atoms with Gasteiger partial charge in [-0.2, -0.15) is 4.98 Å². The predicted molar refractivity (Wildman–Crippen MR) is 140 cm³/mol. The number of carboxylic acids is 1. The van der Waals surface area contributed by atoms with Crippen molar-refractivity contribution in [3.8, 4) is 0 Å². The van der Waals surface area contributed by atoms with Gasteiger partial charge in [0.25, 0.3) is 5.56 Å². The number of aliphatic hydroxyl groups is 2. The fourth-order valence-electron chi connectivity index (χ4n) is 6.66. The van der Waals surface area contributed by atoms with Crippen LogP contribution in [0.2, 0.25) is 0 Å². The second-order valence-corrected chi connectivity index (χ2v) is 11.3. The van der Waals surface area contributed by atoms with Crippen LogP contribution in [-0.2, 0) is 9.59 Å². The Morgan fingerprint density at radius 2 is 1.71 bits per heavy atom. The number of carboxylic acid groups (broad SMARTS) is 1. The number of anilines is 2. The summed E-state index contributed by atoms with van der Waals surface area (Å²) in [5, 5.41) is 33.7. The highest BCUT2D eigenvalue weighted by atomic mass is 16.4. The second kappa shape index (κ2) is 11.6. The van der Waals surface area contributed by atoms with E-state index in [1.54, 1.807) is 4.90 Å². The third kappa shape index (κ3) is 5.81. The van der Waals surface area contributed by atoms with Gasteiger partial charge in [0.05, 0.1) is 24.2 Å². The lowest BCUT2D eigenvalue weighted by atomic mass is 9.85. The van der Waals surface area contributed by atoms with Crippen molar-refractivity contribution in [1.82, 2.24) is 19.8 Å². The third-order valence-electron chi connectivity index (χ3n) is 8.83. The summed E-state index contributed by atoms with van der Waals surface area (Å²) < 4.78 is 0. The molecule has 38 heavy (non-hydrogen) atoms. The molecule has 4 aliphatic rings. The number of aliphatic carboxylic acids is 1. The predicted octanol–water partition coefficient (Wildman–Crippen LogP) is 0.213. The van der Waals surface area contributed by atoms with E-state index in [0.717, 1.165) is 45.1 Å². The van der Waals surface area contributed by atoms with Crippen LogP contribution in [0.1, 0.15) is 57.8 Å². The number of carbonyl (C=O) groups excluding carboxylic acids is 1. The molecule has 0 aromatic carbocycles. The Balaban J connectivity index is 1.19. The van der Waals surface area contributed by atoms with Crippen molar-refractivity contribution in [1.29, 1.82) is 0 Å². The lowest BCUT2D eigenvalue weighted by Gasteiger charge is -2.44. The minimum Gasteiger partial charge on any atom is -0.480 e. The fourth-order valence-corrected chi connectivity index (χ4v) is 6.66. The van der Waals surface area contributed by atoms with Crippen LogP contribution in [0, 0.1) is 5.92 Å². The maximum absolute atomic E-state index is 13.0. The number of hydrogen-bond acceptors (Lipinski definition) is 9. The van der Waals surface area contributed by atoms with E-state index in [0.29, 0.717) is 51.3 Å². The Kier molecular flexibility index (Phi) is 8.20. The summed E-state index contributed by atoms with van der Waals surface area (Å²) in [6.45, 7) is 3.17. The Morgan fingerprint density at radius 1 is 0.947 bits per heavy atom. The maximum Gasteiger partial charge on any atom is 0.326 e. The standard InChI is InChI=1S/C26H40N6O6/c33-20-6-2-1-4-17(20)24(36)30-11-7-16(8-12-30)31-13-9-21(34)18(15-31)27-26-28-22(14-23(35)29-26)32-10-3-5-19(32)25(37)38/h14,16-21,33-34H,1-13,15H2,(H,37,38)(H2,27,28,29,35)/t17?,18?,19-,20?,21?/m0/s1. The van der Waals surface area contributed by atoms with E-state index < -0.39 is 24.2 Å². The zero-order valence-corrected chi connectivity index (χ0v) is 21.8. The Labute approximate surface area is 222 Å². The number of aliphatic hydroxyl groups excluding tert-OH is 2. The van der Waals surface area contributed by atoms with Crippen molar-refractivity contribution in [2.45, 2.75) is 88.1 Å². The molecule has 5 atom stereocenters. The van der Waals surface area contributed by atoms with Gasteiger partial charge in [-0.1, -0.05) is 12.8 Å². The first-order chi connectivity index (χ1) is 18.3. The largest absolute Gasteiger partial charge is 0.480 e. The van der Waals surface area contributed by atoms with Crippen molar-refractivity contribution < 1.29 is 24.9 Å². The number of aromatic nitrogens is 2. The van der Waals surface area contributed by atoms with E-state index in [1.807, 2.05) is 4.90 Å². The van der Waals surface area contributed by atoms with Gasteiger partial charge in [0.15, 0.2) is 0 Å². The van der Waals surface area contributed by atoms with E-state index in [-0.39, 0.29) is 35.4 Å². The normalized spacial score (nSPS) is 31.4. The van der Waals surface area contributed by atoms with Crippen LogP contribution in [0.3, 0.4) is 0 Å². The summed E-state index contributed by atoms with van der Waals surface area (Å²) in [5.41, 5.74) is -0.379. The SMILES string of the molecule is O=C(O)[C@@H]1CCCN1c1cc(=O)[nH]c(NC2CN(C3CCN(C(=O)C4CCCCC4O)CC3)CCC2O)n1. The average molecular weight is 533 g/mol. The number of nitrogens with one attached hydrogen (secondary N) is 2. The molecule has 12 heteroatoms. The van der Waals surface area contributed by atoms with Crippen molar-refractivity contribution in [3.05, 3.63) is 16.4 Å². The molecule has 1 aromatic rings. The average Bonchev–Trinajstić information content (AvgIpc) is 3.40. The zero-order chi connectivity index (χ0) is 26.8. The van der Waals surface area contributed by atoms with E-state index in [9.17, 15) is 29.7 Å². The van der Waals surface area contributed by atoms with E-state index >= 15 is 0 Å². The number of likely N-dealkylation sites (tertiary alicyclic amines) is 2. The van der Waals surface area contributed by atoms with Gasteiger partial charge < -0.3 is 30.4 Å². The quantitative estimate of drug-likeness (QED) is 0.342. The maximum atomic E-state index is 13.0. The van der Waals surface area contributed by atoms with E-state index in [2.05, 4.69) is 20.2 Å². The first-order valence-electron chi connectivity index (χ1n) is 14.1. The number of hydrogen-bond donors (Lipinski definition) is 5. The molecule has 1 saturated carbocycles. The minimum absolute atomic E-state index is 0.0855. The smallest absolute Gasteiger partial charge is 0.326 e. The van der Waals surface area contributed by atoms with Gasteiger partial charge >= 0.3 is 5.97 Å². The summed E-state index contributed by atoms with van der Waals surface area (Å²) in [4.78, 5) is 50.0. The topological polar surface area (TPSA) is 162 Å². The molecule has 4 unspecified atom stereocenters. The molecule has 0 spiro atoms. The van der Waals surface area contributed by atoms with Gasteiger partial charge in [-0.25, -0.2) is 4.79 Å². The fraction of sp³-hybridized carbons (Fsp3) is 0.769. The molecule has 210 valence electrons. The molecule has 0 bridgehead atoms. The molecule has 5 rings (SSSR count). The summed E-state index contributed by atoms with van der Waals surface area (Å²) in [6.07, 6.45) is 5.79. The number of aromatic amines is 1. The molecule has 0 radical (unpaired) electrons. The summed E-state index contributed by atoms with van der Waals surface area (Å²) in [7, 11) is 0. The number of piperidine rings is 2. The van der Waals surface area contributed by atoms with Crippen LogP contribution in [-0.4, -0.2) is 110 Å². The number of carbonyl (C=O) groups is 2. The van der Waals surface area contributed by atoms with Gasteiger partial charge in [-0.05, 0) is 44.9 Å². The molecule has 5 N–H and O–H groups in total. The van der Waals surface area contributed by atoms with Crippen LogP contribution < -0.4 is 15.8 Å². The molecule has 4 heterocycles. The van der Waals surface area contributed by atoms with Gasteiger partial charge in [0.1, 0.15) is 11.9 Å². The molecule has 4 fully saturated rings. The molecular weight excluding hydrogens is 492 g/mol. The molecule has 12 nitrogen and oxygen atoms in total. The van der Waals surface area contributed by atoms with Crippen LogP contribution in [0.15, 0.2) is 10.9 Å². The Bertz CT molecular complexity index is 1060. The lowest BCUT2D eigenvalue weighted by Crippen LogP contribution is -2.56. The number of H-pyrrole nitrogens is 1. The number of amides is 1. The number of rotatable bonds is 6. The highest BCUT2D eigenvalue weighted by Gasteiger charge is 2.37. The van der Waals surface area contributed by atoms with Gasteiger partial charge in [-0.15, -0.1) is 0 Å². The first-order valence-corrected chi connectivity index (χ1v) is 14.1. The highest BCUT2D eigenvalue weighted by Crippen LogP contribution is 2.29. The van der Waals surface area contributed by atoms with Crippen LogP contribution in [0.25, 0.3) is 0 Å². The van der Waals surface area contributed by atoms with Crippen molar-refractivity contribution >= 4 is 23.6 Å². The first kappa shape index (κ1) is 26.9. The van der Waals surface area contributed by atoms with Crippen LogP contribution >= 0.6 is 0 Å². The zero-order valence-electron chi connectivity index (χ0n) is 21.8. The Morgan fingerprint density at radius 3 is 2.45 bits per heavy atom. The summed E-state index contributed by atoms with van der Waals surface area (Å²) in [5.74, 6) is -0.567. The minimum atomic E-state index is -0.930. The van der Waals surface area contributed by atoms with Crippen molar-refractivity contribution in [2.75, 3.05) is 42.9 Å². The van der Waals surface area contributed by atoms with Gasteiger partial charge in [0, 0.05) is 44.8 Å². The van der Waals surface area contributed by atoms with Gasteiger partial charge in [0.2, 0.25) is 11.9 Å². The molecule has 1 aliphatic carbocycles. The van der Waals surface area contributed by atoms with Crippen LogP contribution in [0.4, 0.5) is 11.8 Å². The molecular formula is C26H40N6O6. The summed E-state index contributed by atoms with van der Waals surface area (Å²) >= 11 is 0. The third-order valence-corrected chi connectivity index (χ3v) is 8.83. The number of nitrogens with zero attached hydrogens (tertiary/aromatic N) is 4.